The van der Waals surface area contributed by atoms with Crippen LogP contribution in [0.25, 0.3) is 0 Å². The highest BCUT2D eigenvalue weighted by Crippen LogP contribution is 2.35. The number of imide groups is 1. The van der Waals surface area contributed by atoms with Gasteiger partial charge in [0, 0.05) is 10.7 Å². The van der Waals surface area contributed by atoms with Crippen LogP contribution in [0.15, 0.2) is 59.3 Å². The molecule has 0 fully saturated rings. The van der Waals surface area contributed by atoms with Gasteiger partial charge in [0.15, 0.2) is 0 Å². The molecule has 128 valence electrons. The molecule has 1 heterocycles. The summed E-state index contributed by atoms with van der Waals surface area (Å²) in [5.74, 6) is -0.712. The van der Waals surface area contributed by atoms with Crippen LogP contribution in [0.5, 0.6) is 5.75 Å². The lowest BCUT2D eigenvalue weighted by molar-refractivity contribution is -0.120. The van der Waals surface area contributed by atoms with Crippen molar-refractivity contribution in [2.24, 2.45) is 0 Å². The number of anilines is 2. The number of benzene rings is 2. The summed E-state index contributed by atoms with van der Waals surface area (Å²) in [7, 11) is 0. The fourth-order valence-corrected chi connectivity index (χ4v) is 2.77. The summed E-state index contributed by atoms with van der Waals surface area (Å²) in [6, 6.07) is 13.5. The highest BCUT2D eigenvalue weighted by Gasteiger charge is 2.40. The Kier molecular flexibility index (Phi) is 4.97. The highest BCUT2D eigenvalue weighted by molar-refractivity contribution is 6.53. The molecule has 25 heavy (non-hydrogen) atoms. The molecule has 3 rings (SSSR count). The third kappa shape index (κ3) is 3.34. The Morgan fingerprint density at radius 1 is 1.00 bits per heavy atom. The van der Waals surface area contributed by atoms with E-state index in [0.717, 1.165) is 4.90 Å². The average Bonchev–Trinajstić information content (AvgIpc) is 2.81. The Morgan fingerprint density at radius 3 is 2.36 bits per heavy atom. The van der Waals surface area contributed by atoms with Gasteiger partial charge >= 0.3 is 0 Å². The quantitative estimate of drug-likeness (QED) is 0.795. The van der Waals surface area contributed by atoms with Crippen molar-refractivity contribution in [3.63, 3.8) is 0 Å². The Hall–Kier alpha value is -2.50. The molecule has 7 heteroatoms. The monoisotopic (exact) mass is 376 g/mol. The van der Waals surface area contributed by atoms with E-state index < -0.39 is 11.8 Å². The molecular formula is C18H14Cl2N2O3. The molecule has 0 aliphatic carbocycles. The van der Waals surface area contributed by atoms with Crippen LogP contribution in [0.2, 0.25) is 5.02 Å². The van der Waals surface area contributed by atoms with Crippen LogP contribution in [0.4, 0.5) is 11.4 Å². The largest absolute Gasteiger partial charge is 0.492 e. The Morgan fingerprint density at radius 2 is 1.68 bits per heavy atom. The molecular weight excluding hydrogens is 363 g/mol. The number of carbonyl (C=O) groups excluding carboxylic acids is 2. The van der Waals surface area contributed by atoms with Crippen LogP contribution >= 0.6 is 23.2 Å². The van der Waals surface area contributed by atoms with Crippen molar-refractivity contribution in [2.75, 3.05) is 16.8 Å². The van der Waals surface area contributed by atoms with Crippen molar-refractivity contribution in [1.82, 2.24) is 0 Å². The van der Waals surface area contributed by atoms with Crippen molar-refractivity contribution >= 4 is 46.4 Å². The average molecular weight is 377 g/mol. The molecule has 1 N–H and O–H groups in total. The zero-order valence-electron chi connectivity index (χ0n) is 13.3. The molecule has 0 bridgehead atoms. The maximum atomic E-state index is 12.8. The van der Waals surface area contributed by atoms with Crippen LogP contribution < -0.4 is 15.0 Å². The summed E-state index contributed by atoms with van der Waals surface area (Å²) in [6.07, 6.45) is 0. The fraction of sp³-hybridized carbons (Fsp3) is 0.111. The zero-order chi connectivity index (χ0) is 18.0. The topological polar surface area (TPSA) is 58.6 Å². The zero-order valence-corrected chi connectivity index (χ0v) is 14.8. The van der Waals surface area contributed by atoms with Crippen molar-refractivity contribution < 1.29 is 14.3 Å². The van der Waals surface area contributed by atoms with Gasteiger partial charge in [0.05, 0.1) is 12.3 Å². The molecule has 0 saturated heterocycles. The third-order valence-electron chi connectivity index (χ3n) is 3.55. The van der Waals surface area contributed by atoms with Gasteiger partial charge in [-0.25, -0.2) is 4.90 Å². The number of hydrogen-bond acceptors (Lipinski definition) is 4. The van der Waals surface area contributed by atoms with Gasteiger partial charge in [-0.3, -0.25) is 9.59 Å². The predicted octanol–water partition coefficient (Wildman–Crippen LogP) is 4.17. The van der Waals surface area contributed by atoms with Gasteiger partial charge in [-0.2, -0.15) is 0 Å². The number of rotatable bonds is 5. The number of hydrogen-bond donors (Lipinski definition) is 1. The normalized spacial score (nSPS) is 14.3. The van der Waals surface area contributed by atoms with Crippen LogP contribution in [0.1, 0.15) is 6.92 Å². The lowest BCUT2D eigenvalue weighted by Crippen LogP contribution is -2.32. The summed E-state index contributed by atoms with van der Waals surface area (Å²) < 4.78 is 5.51. The predicted molar refractivity (Wildman–Crippen MR) is 98.1 cm³/mol. The van der Waals surface area contributed by atoms with E-state index in [1.807, 2.05) is 6.92 Å². The second kappa shape index (κ2) is 7.17. The van der Waals surface area contributed by atoms with E-state index in [1.165, 1.54) is 0 Å². The third-order valence-corrected chi connectivity index (χ3v) is 4.15. The number of carbonyl (C=O) groups is 2. The summed E-state index contributed by atoms with van der Waals surface area (Å²) in [4.78, 5) is 26.3. The lowest BCUT2D eigenvalue weighted by atomic mass is 10.2. The minimum atomic E-state index is -0.602. The highest BCUT2D eigenvalue weighted by atomic mass is 35.5. The lowest BCUT2D eigenvalue weighted by Gasteiger charge is -2.18. The molecule has 2 amide bonds. The van der Waals surface area contributed by atoms with E-state index in [0.29, 0.717) is 28.8 Å². The van der Waals surface area contributed by atoms with Gasteiger partial charge in [0.1, 0.15) is 16.5 Å². The second-order valence-electron chi connectivity index (χ2n) is 5.17. The smallest absolute Gasteiger partial charge is 0.283 e. The number of halogens is 2. The molecule has 2 aromatic rings. The van der Waals surface area contributed by atoms with Gasteiger partial charge in [-0.1, -0.05) is 35.3 Å². The standard InChI is InChI=1S/C18H14Cl2N2O3/c1-2-25-14-6-4-3-5-13(14)22-17(23)15(20)16(18(22)24)21-12-9-7-11(19)8-10-12/h3-10,21H,2H2,1H3. The molecule has 0 unspecified atom stereocenters. The second-order valence-corrected chi connectivity index (χ2v) is 5.98. The van der Waals surface area contributed by atoms with Crippen molar-refractivity contribution in [3.8, 4) is 5.75 Å². The van der Waals surface area contributed by atoms with E-state index in [-0.39, 0.29) is 10.7 Å². The van der Waals surface area contributed by atoms with E-state index in [2.05, 4.69) is 5.32 Å². The van der Waals surface area contributed by atoms with Crippen LogP contribution in [-0.4, -0.2) is 18.4 Å². The Labute approximate surface area is 154 Å². The van der Waals surface area contributed by atoms with Crippen LogP contribution in [0, 0.1) is 0 Å². The van der Waals surface area contributed by atoms with E-state index in [1.54, 1.807) is 48.5 Å². The summed E-state index contributed by atoms with van der Waals surface area (Å²) in [5.41, 5.74) is 0.962. The van der Waals surface area contributed by atoms with Gasteiger partial charge < -0.3 is 10.1 Å². The number of ether oxygens (including phenoxy) is 1. The summed E-state index contributed by atoms with van der Waals surface area (Å²) >= 11 is 12.0. The first-order valence-corrected chi connectivity index (χ1v) is 8.31. The number of nitrogens with one attached hydrogen (secondary N) is 1. The van der Waals surface area contributed by atoms with Gasteiger partial charge in [0.25, 0.3) is 11.8 Å². The first-order valence-electron chi connectivity index (χ1n) is 7.56. The molecule has 0 atom stereocenters. The molecule has 0 aromatic heterocycles. The maximum absolute atomic E-state index is 12.8. The Bertz CT molecular complexity index is 863. The summed E-state index contributed by atoms with van der Waals surface area (Å²) in [5, 5.41) is 3.27. The van der Waals surface area contributed by atoms with Crippen LogP contribution in [-0.2, 0) is 9.59 Å². The Balaban J connectivity index is 1.93. The van der Waals surface area contributed by atoms with Gasteiger partial charge in [0.2, 0.25) is 0 Å². The first kappa shape index (κ1) is 17.3. The molecule has 1 aliphatic heterocycles. The van der Waals surface area contributed by atoms with E-state index >= 15 is 0 Å². The minimum absolute atomic E-state index is 0.0142. The summed E-state index contributed by atoms with van der Waals surface area (Å²) in [6.45, 7) is 2.23. The SMILES string of the molecule is CCOc1ccccc1N1C(=O)C(Cl)=C(Nc2ccc(Cl)cc2)C1=O. The number of nitrogens with zero attached hydrogens (tertiary/aromatic N) is 1. The molecule has 2 aromatic carbocycles. The minimum Gasteiger partial charge on any atom is -0.492 e. The molecule has 0 radical (unpaired) electrons. The van der Waals surface area contributed by atoms with Gasteiger partial charge in [-0.15, -0.1) is 0 Å². The van der Waals surface area contributed by atoms with Crippen molar-refractivity contribution in [1.29, 1.82) is 0 Å². The van der Waals surface area contributed by atoms with Gasteiger partial charge in [-0.05, 0) is 43.3 Å². The fourth-order valence-electron chi connectivity index (χ4n) is 2.43. The molecule has 0 saturated carbocycles. The molecule has 5 nitrogen and oxygen atoms in total. The van der Waals surface area contributed by atoms with Crippen LogP contribution in [0.3, 0.4) is 0 Å². The number of para-hydroxylation sites is 2. The first-order chi connectivity index (χ1) is 12.0. The van der Waals surface area contributed by atoms with E-state index in [9.17, 15) is 9.59 Å². The number of amides is 2. The maximum Gasteiger partial charge on any atom is 0.283 e. The van der Waals surface area contributed by atoms with Crippen molar-refractivity contribution in [3.05, 3.63) is 64.3 Å². The van der Waals surface area contributed by atoms with E-state index in [4.69, 9.17) is 27.9 Å². The van der Waals surface area contributed by atoms with Crippen molar-refractivity contribution in [2.45, 2.75) is 6.92 Å². The molecule has 1 aliphatic rings. The molecule has 0 spiro atoms.